The normalized spacial score (nSPS) is 23.4. The lowest BCUT2D eigenvalue weighted by Gasteiger charge is -2.41. The van der Waals surface area contributed by atoms with Crippen LogP contribution in [0.2, 0.25) is 0 Å². The summed E-state index contributed by atoms with van der Waals surface area (Å²) < 4.78 is 4.96. The molecule has 1 atom stereocenters. The van der Waals surface area contributed by atoms with Crippen LogP contribution in [0.25, 0.3) is 0 Å². The molecule has 2 rings (SSSR count). The minimum absolute atomic E-state index is 0.179. The third-order valence-electron chi connectivity index (χ3n) is 5.21. The van der Waals surface area contributed by atoms with E-state index in [0.29, 0.717) is 30.7 Å². The Kier molecular flexibility index (Phi) is 6.84. The van der Waals surface area contributed by atoms with Crippen LogP contribution in [-0.4, -0.2) is 49.2 Å². The predicted molar refractivity (Wildman–Crippen MR) is 101 cm³/mol. The first-order chi connectivity index (χ1) is 12.4. The summed E-state index contributed by atoms with van der Waals surface area (Å²) in [6.07, 6.45) is 4.40. The van der Waals surface area contributed by atoms with E-state index in [1.54, 1.807) is 0 Å². The van der Waals surface area contributed by atoms with Crippen LogP contribution in [0.3, 0.4) is 0 Å². The SMILES string of the molecule is CCC/C(=N\OCC)C1=C(N2CCCC2)CC(C)(C)C(C(=O)OC)C1=O. The third-order valence-corrected chi connectivity index (χ3v) is 5.21. The van der Waals surface area contributed by atoms with Crippen molar-refractivity contribution in [3.8, 4) is 0 Å². The van der Waals surface area contributed by atoms with Gasteiger partial charge in [-0.25, -0.2) is 0 Å². The van der Waals surface area contributed by atoms with Gasteiger partial charge in [0.05, 0.1) is 18.4 Å². The molecule has 1 unspecified atom stereocenters. The molecular weight excluding hydrogens is 332 g/mol. The van der Waals surface area contributed by atoms with Crippen molar-refractivity contribution in [1.29, 1.82) is 0 Å². The Balaban J connectivity index is 2.59. The van der Waals surface area contributed by atoms with Crippen molar-refractivity contribution in [3.05, 3.63) is 11.3 Å². The van der Waals surface area contributed by atoms with Gasteiger partial charge in [0.25, 0.3) is 0 Å². The average molecular weight is 364 g/mol. The van der Waals surface area contributed by atoms with E-state index in [0.717, 1.165) is 38.0 Å². The number of oxime groups is 1. The van der Waals surface area contributed by atoms with Gasteiger partial charge in [-0.2, -0.15) is 0 Å². The van der Waals surface area contributed by atoms with Crippen molar-refractivity contribution in [2.45, 2.75) is 59.8 Å². The number of hydrogen-bond donors (Lipinski definition) is 0. The Morgan fingerprint density at radius 1 is 1.27 bits per heavy atom. The largest absolute Gasteiger partial charge is 0.468 e. The van der Waals surface area contributed by atoms with Crippen LogP contribution in [0.1, 0.15) is 59.8 Å². The lowest BCUT2D eigenvalue weighted by molar-refractivity contribution is -0.153. The highest BCUT2D eigenvalue weighted by molar-refractivity contribution is 6.27. The molecule has 1 fully saturated rings. The fourth-order valence-corrected chi connectivity index (χ4v) is 3.97. The number of nitrogens with zero attached hydrogens (tertiary/aromatic N) is 2. The van der Waals surface area contributed by atoms with E-state index in [4.69, 9.17) is 9.57 Å². The van der Waals surface area contributed by atoms with Crippen molar-refractivity contribution in [2.75, 3.05) is 26.8 Å². The molecule has 0 aromatic rings. The molecule has 0 N–H and O–H groups in total. The number of esters is 1. The first-order valence-corrected chi connectivity index (χ1v) is 9.66. The van der Waals surface area contributed by atoms with Crippen LogP contribution in [0.5, 0.6) is 0 Å². The molecule has 0 spiro atoms. The zero-order valence-corrected chi connectivity index (χ0v) is 16.8. The molecule has 26 heavy (non-hydrogen) atoms. The van der Waals surface area contributed by atoms with E-state index >= 15 is 0 Å². The molecule has 0 bridgehead atoms. The molecule has 0 aromatic heterocycles. The second-order valence-corrected chi connectivity index (χ2v) is 7.71. The van der Waals surface area contributed by atoms with Crippen LogP contribution >= 0.6 is 0 Å². The standard InChI is InChI=1S/C20H32N2O4/c1-6-10-14(21-26-7-2)16-15(22-11-8-9-12-22)13-20(3,4)17(18(16)23)19(24)25-5/h17H,6-13H2,1-5H3/b21-14+. The summed E-state index contributed by atoms with van der Waals surface area (Å²) in [5.41, 5.74) is 1.77. The van der Waals surface area contributed by atoms with Gasteiger partial charge in [-0.3, -0.25) is 9.59 Å². The number of hydrogen-bond acceptors (Lipinski definition) is 6. The molecule has 146 valence electrons. The maximum atomic E-state index is 13.5. The summed E-state index contributed by atoms with van der Waals surface area (Å²) >= 11 is 0. The maximum absolute atomic E-state index is 13.5. The lowest BCUT2D eigenvalue weighted by atomic mass is 9.66. The van der Waals surface area contributed by atoms with E-state index in [9.17, 15) is 9.59 Å². The van der Waals surface area contributed by atoms with Crippen molar-refractivity contribution < 1.29 is 19.2 Å². The Morgan fingerprint density at radius 3 is 2.46 bits per heavy atom. The maximum Gasteiger partial charge on any atom is 0.317 e. The number of allylic oxidation sites excluding steroid dienone is 2. The molecule has 1 aliphatic heterocycles. The highest BCUT2D eigenvalue weighted by atomic mass is 16.6. The summed E-state index contributed by atoms with van der Waals surface area (Å²) in [5, 5.41) is 4.25. The fraction of sp³-hybridized carbons (Fsp3) is 0.750. The van der Waals surface area contributed by atoms with Crippen LogP contribution < -0.4 is 0 Å². The van der Waals surface area contributed by atoms with E-state index in [1.807, 2.05) is 27.7 Å². The Bertz CT molecular complexity index is 601. The van der Waals surface area contributed by atoms with Gasteiger partial charge in [0, 0.05) is 18.8 Å². The molecule has 6 nitrogen and oxygen atoms in total. The quantitative estimate of drug-likeness (QED) is 0.300. The fourth-order valence-electron chi connectivity index (χ4n) is 3.97. The Labute approximate surface area is 156 Å². The molecule has 6 heteroatoms. The lowest BCUT2D eigenvalue weighted by Crippen LogP contribution is -2.46. The van der Waals surface area contributed by atoms with Crippen molar-refractivity contribution in [3.63, 3.8) is 0 Å². The minimum atomic E-state index is -0.808. The second kappa shape index (κ2) is 8.69. The number of ether oxygens (including phenoxy) is 1. The molecule has 1 aliphatic carbocycles. The van der Waals surface area contributed by atoms with Gasteiger partial charge in [-0.15, -0.1) is 0 Å². The number of methoxy groups -OCH3 is 1. The van der Waals surface area contributed by atoms with E-state index < -0.39 is 17.3 Å². The third kappa shape index (κ3) is 4.10. The zero-order chi connectivity index (χ0) is 19.3. The Morgan fingerprint density at radius 2 is 1.92 bits per heavy atom. The first-order valence-electron chi connectivity index (χ1n) is 9.66. The molecule has 1 saturated heterocycles. The number of Topliss-reactive ketones (excluding diaryl/α,β-unsaturated/α-hetero) is 1. The van der Waals surface area contributed by atoms with Crippen LogP contribution in [0, 0.1) is 11.3 Å². The topological polar surface area (TPSA) is 68.2 Å². The second-order valence-electron chi connectivity index (χ2n) is 7.71. The van der Waals surface area contributed by atoms with Gasteiger partial charge >= 0.3 is 5.97 Å². The van der Waals surface area contributed by atoms with E-state index in [2.05, 4.69) is 10.1 Å². The summed E-state index contributed by atoms with van der Waals surface area (Å²) in [5.74, 6) is -1.45. The first kappa shape index (κ1) is 20.5. The van der Waals surface area contributed by atoms with Gasteiger partial charge in [0.2, 0.25) is 0 Å². The highest BCUT2D eigenvalue weighted by Gasteiger charge is 2.49. The number of carbonyl (C=O) groups is 2. The molecule has 0 aromatic carbocycles. The number of ketones is 1. The van der Waals surface area contributed by atoms with Crippen LogP contribution in [0.15, 0.2) is 16.4 Å². The molecular formula is C20H32N2O4. The van der Waals surface area contributed by atoms with Gasteiger partial charge in [0.15, 0.2) is 5.78 Å². The summed E-state index contributed by atoms with van der Waals surface area (Å²) in [4.78, 5) is 33.5. The summed E-state index contributed by atoms with van der Waals surface area (Å²) in [6, 6.07) is 0. The van der Waals surface area contributed by atoms with E-state index in [-0.39, 0.29) is 5.78 Å². The van der Waals surface area contributed by atoms with Crippen molar-refractivity contribution >= 4 is 17.5 Å². The number of rotatable bonds is 7. The van der Waals surface area contributed by atoms with Gasteiger partial charge in [-0.05, 0) is 38.0 Å². The average Bonchev–Trinajstić information content (AvgIpc) is 3.12. The molecule has 2 aliphatic rings. The predicted octanol–water partition coefficient (Wildman–Crippen LogP) is 3.32. The highest BCUT2D eigenvalue weighted by Crippen LogP contribution is 2.44. The Hall–Kier alpha value is -1.85. The molecule has 0 amide bonds. The van der Waals surface area contributed by atoms with Crippen LogP contribution in [-0.2, 0) is 19.2 Å². The van der Waals surface area contributed by atoms with Gasteiger partial charge in [0.1, 0.15) is 12.5 Å². The zero-order valence-electron chi connectivity index (χ0n) is 16.8. The van der Waals surface area contributed by atoms with Crippen molar-refractivity contribution in [1.82, 2.24) is 4.90 Å². The minimum Gasteiger partial charge on any atom is -0.468 e. The summed E-state index contributed by atoms with van der Waals surface area (Å²) in [6.45, 7) is 10.2. The summed E-state index contributed by atoms with van der Waals surface area (Å²) in [7, 11) is 1.34. The number of carbonyl (C=O) groups excluding carboxylic acids is 2. The van der Waals surface area contributed by atoms with Crippen molar-refractivity contribution in [2.24, 2.45) is 16.5 Å². The van der Waals surface area contributed by atoms with Gasteiger partial charge < -0.3 is 14.5 Å². The monoisotopic (exact) mass is 364 g/mol. The smallest absolute Gasteiger partial charge is 0.317 e. The van der Waals surface area contributed by atoms with Gasteiger partial charge in [-0.1, -0.05) is 32.3 Å². The molecule has 1 heterocycles. The van der Waals surface area contributed by atoms with Crippen LogP contribution in [0.4, 0.5) is 0 Å². The molecule has 0 radical (unpaired) electrons. The number of likely N-dealkylation sites (tertiary alicyclic amines) is 1. The van der Waals surface area contributed by atoms with E-state index in [1.165, 1.54) is 7.11 Å². The molecule has 0 saturated carbocycles.